The van der Waals surface area contributed by atoms with E-state index in [2.05, 4.69) is 32.8 Å². The van der Waals surface area contributed by atoms with Gasteiger partial charge in [-0.25, -0.2) is 4.79 Å². The second-order valence-electron chi connectivity index (χ2n) is 4.99. The summed E-state index contributed by atoms with van der Waals surface area (Å²) < 4.78 is 6.11. The summed E-state index contributed by atoms with van der Waals surface area (Å²) in [5, 5.41) is 8.10. The van der Waals surface area contributed by atoms with Gasteiger partial charge < -0.3 is 4.74 Å². The van der Waals surface area contributed by atoms with Crippen molar-refractivity contribution in [3.05, 3.63) is 75.4 Å². The molecule has 0 N–H and O–H groups in total. The highest BCUT2D eigenvalue weighted by Gasteiger charge is 2.13. The maximum atomic E-state index is 12.1. The predicted molar refractivity (Wildman–Crippen MR) is 96.3 cm³/mol. The van der Waals surface area contributed by atoms with Crippen molar-refractivity contribution in [3.63, 3.8) is 0 Å². The SMILES string of the molecule is Cc1ccc(-c2ccc(OC(=O)c3ccccc3I)nn2)cc1. The van der Waals surface area contributed by atoms with Crippen LogP contribution < -0.4 is 4.74 Å². The Morgan fingerprint density at radius 1 is 0.957 bits per heavy atom. The van der Waals surface area contributed by atoms with Gasteiger partial charge in [0, 0.05) is 15.2 Å². The summed E-state index contributed by atoms with van der Waals surface area (Å²) in [6.45, 7) is 2.03. The molecular weight excluding hydrogens is 403 g/mol. The highest BCUT2D eigenvalue weighted by molar-refractivity contribution is 14.1. The van der Waals surface area contributed by atoms with Gasteiger partial charge in [0.05, 0.1) is 11.3 Å². The van der Waals surface area contributed by atoms with E-state index in [0.717, 1.165) is 14.8 Å². The first-order valence-electron chi connectivity index (χ1n) is 7.01. The largest absolute Gasteiger partial charge is 0.402 e. The number of aryl methyl sites for hydroxylation is 1. The van der Waals surface area contributed by atoms with Gasteiger partial charge in [0.1, 0.15) is 0 Å². The van der Waals surface area contributed by atoms with Gasteiger partial charge in [-0.05, 0) is 47.7 Å². The van der Waals surface area contributed by atoms with Crippen LogP contribution in [-0.2, 0) is 0 Å². The van der Waals surface area contributed by atoms with Crippen LogP contribution in [0.5, 0.6) is 5.88 Å². The molecule has 4 nitrogen and oxygen atoms in total. The minimum Gasteiger partial charge on any atom is -0.402 e. The first-order chi connectivity index (χ1) is 11.1. The van der Waals surface area contributed by atoms with Crippen LogP contribution in [0.1, 0.15) is 15.9 Å². The number of hydrogen-bond acceptors (Lipinski definition) is 4. The smallest absolute Gasteiger partial charge is 0.345 e. The van der Waals surface area contributed by atoms with Gasteiger partial charge in [-0.1, -0.05) is 42.0 Å². The Morgan fingerprint density at radius 3 is 2.35 bits per heavy atom. The molecule has 5 heteroatoms. The molecule has 0 saturated carbocycles. The number of halogens is 1. The van der Waals surface area contributed by atoms with Gasteiger partial charge in [-0.3, -0.25) is 0 Å². The molecule has 0 atom stereocenters. The van der Waals surface area contributed by atoms with Gasteiger partial charge in [0.25, 0.3) is 0 Å². The molecule has 0 fully saturated rings. The maximum absolute atomic E-state index is 12.1. The highest BCUT2D eigenvalue weighted by Crippen LogP contribution is 2.19. The van der Waals surface area contributed by atoms with E-state index in [1.165, 1.54) is 5.56 Å². The molecule has 0 unspecified atom stereocenters. The maximum Gasteiger partial charge on any atom is 0.345 e. The third kappa shape index (κ3) is 3.73. The van der Waals surface area contributed by atoms with Gasteiger partial charge in [0.15, 0.2) is 0 Å². The number of esters is 1. The van der Waals surface area contributed by atoms with Crippen LogP contribution in [0.25, 0.3) is 11.3 Å². The number of aromatic nitrogens is 2. The lowest BCUT2D eigenvalue weighted by atomic mass is 10.1. The van der Waals surface area contributed by atoms with Crippen molar-refractivity contribution < 1.29 is 9.53 Å². The molecule has 0 saturated heterocycles. The topological polar surface area (TPSA) is 52.1 Å². The number of carbonyl (C=O) groups is 1. The summed E-state index contributed by atoms with van der Waals surface area (Å²) in [4.78, 5) is 12.1. The molecule has 3 aromatic rings. The van der Waals surface area contributed by atoms with Crippen molar-refractivity contribution in [2.24, 2.45) is 0 Å². The average molecular weight is 416 g/mol. The standard InChI is InChI=1S/C18H13IN2O2/c1-12-6-8-13(9-7-12)16-10-11-17(21-20-16)23-18(22)14-4-2-3-5-15(14)19/h2-11H,1H3. The monoisotopic (exact) mass is 416 g/mol. The number of benzene rings is 2. The molecule has 3 rings (SSSR count). The second-order valence-corrected chi connectivity index (χ2v) is 6.15. The van der Waals surface area contributed by atoms with Crippen molar-refractivity contribution in [2.45, 2.75) is 6.92 Å². The number of hydrogen-bond donors (Lipinski definition) is 0. The zero-order chi connectivity index (χ0) is 16.2. The Labute approximate surface area is 147 Å². The number of rotatable bonds is 3. The number of ether oxygens (including phenoxy) is 1. The van der Waals surface area contributed by atoms with Gasteiger partial charge in [0.2, 0.25) is 5.88 Å². The van der Waals surface area contributed by atoms with E-state index in [1.54, 1.807) is 24.3 Å². The lowest BCUT2D eigenvalue weighted by Crippen LogP contribution is -2.11. The third-order valence-electron chi connectivity index (χ3n) is 3.28. The summed E-state index contributed by atoms with van der Waals surface area (Å²) in [5.41, 5.74) is 3.40. The quantitative estimate of drug-likeness (QED) is 0.473. The molecule has 0 aliphatic carbocycles. The van der Waals surface area contributed by atoms with E-state index >= 15 is 0 Å². The van der Waals surface area contributed by atoms with Crippen LogP contribution >= 0.6 is 22.6 Å². The Bertz CT molecular complexity index is 830. The number of carbonyl (C=O) groups excluding carboxylic acids is 1. The fourth-order valence-corrected chi connectivity index (χ4v) is 2.64. The average Bonchev–Trinajstić information content (AvgIpc) is 2.57. The molecule has 0 spiro atoms. The lowest BCUT2D eigenvalue weighted by molar-refractivity contribution is 0.0724. The van der Waals surface area contributed by atoms with Crippen LogP contribution in [0.4, 0.5) is 0 Å². The van der Waals surface area contributed by atoms with E-state index in [1.807, 2.05) is 43.3 Å². The van der Waals surface area contributed by atoms with Crippen LogP contribution in [0.2, 0.25) is 0 Å². The van der Waals surface area contributed by atoms with Crippen molar-refractivity contribution in [1.29, 1.82) is 0 Å². The molecule has 0 aliphatic heterocycles. The fourth-order valence-electron chi connectivity index (χ4n) is 2.03. The van der Waals surface area contributed by atoms with Crippen LogP contribution in [-0.4, -0.2) is 16.2 Å². The molecule has 2 aromatic carbocycles. The first kappa shape index (κ1) is 15.6. The van der Waals surface area contributed by atoms with E-state index in [9.17, 15) is 4.79 Å². The molecule has 0 radical (unpaired) electrons. The van der Waals surface area contributed by atoms with E-state index < -0.39 is 5.97 Å². The normalized spacial score (nSPS) is 10.3. The van der Waals surface area contributed by atoms with Crippen LogP contribution in [0.15, 0.2) is 60.7 Å². The van der Waals surface area contributed by atoms with Crippen molar-refractivity contribution in [2.75, 3.05) is 0 Å². The van der Waals surface area contributed by atoms with Crippen LogP contribution in [0, 0.1) is 10.5 Å². The van der Waals surface area contributed by atoms with Crippen LogP contribution in [0.3, 0.4) is 0 Å². The van der Waals surface area contributed by atoms with Crippen molar-refractivity contribution >= 4 is 28.6 Å². The zero-order valence-corrected chi connectivity index (χ0v) is 14.5. The highest BCUT2D eigenvalue weighted by atomic mass is 127. The Kier molecular flexibility index (Phi) is 4.66. The first-order valence-corrected chi connectivity index (χ1v) is 8.09. The lowest BCUT2D eigenvalue weighted by Gasteiger charge is -2.05. The summed E-state index contributed by atoms with van der Waals surface area (Å²) in [7, 11) is 0. The van der Waals surface area contributed by atoms with Crippen molar-refractivity contribution in [1.82, 2.24) is 10.2 Å². The van der Waals surface area contributed by atoms with E-state index in [-0.39, 0.29) is 5.88 Å². The molecular formula is C18H13IN2O2. The molecule has 114 valence electrons. The molecule has 0 bridgehead atoms. The van der Waals surface area contributed by atoms with Gasteiger partial charge in [-0.2, -0.15) is 0 Å². The zero-order valence-electron chi connectivity index (χ0n) is 12.4. The summed E-state index contributed by atoms with van der Waals surface area (Å²) in [5.74, 6) is -0.252. The molecule has 0 aliphatic rings. The second kappa shape index (κ2) is 6.87. The summed E-state index contributed by atoms with van der Waals surface area (Å²) >= 11 is 2.10. The molecule has 23 heavy (non-hydrogen) atoms. The predicted octanol–water partition coefficient (Wildman–Crippen LogP) is 4.28. The number of nitrogens with zero attached hydrogens (tertiary/aromatic N) is 2. The van der Waals surface area contributed by atoms with Crippen molar-refractivity contribution in [3.8, 4) is 17.1 Å². The molecule has 1 aromatic heterocycles. The Balaban J connectivity index is 1.76. The summed E-state index contributed by atoms with van der Waals surface area (Å²) in [6.07, 6.45) is 0. The van der Waals surface area contributed by atoms with E-state index in [4.69, 9.17) is 4.74 Å². The minimum atomic E-state index is -0.438. The Hall–Kier alpha value is -2.28. The van der Waals surface area contributed by atoms with E-state index in [0.29, 0.717) is 5.56 Å². The van der Waals surface area contributed by atoms with Gasteiger partial charge in [-0.15, -0.1) is 10.2 Å². The third-order valence-corrected chi connectivity index (χ3v) is 4.22. The Morgan fingerprint density at radius 2 is 1.70 bits per heavy atom. The molecule has 1 heterocycles. The summed E-state index contributed by atoms with van der Waals surface area (Å²) in [6, 6.07) is 18.7. The molecule has 0 amide bonds. The fraction of sp³-hybridized carbons (Fsp3) is 0.0556. The van der Waals surface area contributed by atoms with Gasteiger partial charge >= 0.3 is 5.97 Å². The minimum absolute atomic E-state index is 0.186.